The van der Waals surface area contributed by atoms with E-state index in [0.29, 0.717) is 29.2 Å². The predicted molar refractivity (Wildman–Crippen MR) is 120 cm³/mol. The Morgan fingerprint density at radius 1 is 1.03 bits per heavy atom. The highest BCUT2D eigenvalue weighted by atomic mass is 19.1. The van der Waals surface area contributed by atoms with Crippen LogP contribution in [0, 0.1) is 11.6 Å². The van der Waals surface area contributed by atoms with Crippen LogP contribution in [-0.2, 0) is 16.0 Å². The van der Waals surface area contributed by atoms with Crippen LogP contribution in [0.3, 0.4) is 0 Å². The first-order valence-corrected chi connectivity index (χ1v) is 10.7. The van der Waals surface area contributed by atoms with Gasteiger partial charge in [0.2, 0.25) is 0 Å². The van der Waals surface area contributed by atoms with Crippen LogP contribution < -0.4 is 14.4 Å². The lowest BCUT2D eigenvalue weighted by atomic mass is 9.90. The fourth-order valence-electron chi connectivity index (χ4n) is 4.24. The lowest BCUT2D eigenvalue weighted by Gasteiger charge is -2.42. The van der Waals surface area contributed by atoms with Crippen LogP contribution in [0.4, 0.5) is 24.1 Å². The van der Waals surface area contributed by atoms with Crippen molar-refractivity contribution in [3.05, 3.63) is 53.1 Å². The summed E-state index contributed by atoms with van der Waals surface area (Å²) in [5.74, 6) is -0.722. The highest BCUT2D eigenvalue weighted by Crippen LogP contribution is 2.46. The number of carbonyl (C=O) groups excluding carboxylic acids is 2. The molecule has 34 heavy (non-hydrogen) atoms. The number of amides is 2. The molecule has 1 aliphatic rings. The third-order valence-corrected chi connectivity index (χ3v) is 5.68. The zero-order valence-corrected chi connectivity index (χ0v) is 19.8. The van der Waals surface area contributed by atoms with Crippen LogP contribution in [0.25, 0.3) is 0 Å². The Morgan fingerprint density at radius 2 is 1.65 bits per heavy atom. The number of hydrogen-bond donors (Lipinski definition) is 0. The number of halogens is 2. The summed E-state index contributed by atoms with van der Waals surface area (Å²) in [5.41, 5.74) is 1.30. The van der Waals surface area contributed by atoms with Crippen molar-refractivity contribution in [2.24, 2.45) is 0 Å². The van der Waals surface area contributed by atoms with Crippen LogP contribution >= 0.6 is 0 Å². The first-order valence-electron chi connectivity index (χ1n) is 10.7. The second kappa shape index (κ2) is 10.6. The molecule has 2 atom stereocenters. The van der Waals surface area contributed by atoms with E-state index in [1.54, 1.807) is 19.1 Å². The van der Waals surface area contributed by atoms with Crippen molar-refractivity contribution in [3.63, 3.8) is 0 Å². The zero-order valence-electron chi connectivity index (χ0n) is 19.8. The number of ether oxygens (including phenoxy) is 4. The molecule has 1 aliphatic heterocycles. The minimum absolute atomic E-state index is 0.119. The Labute approximate surface area is 196 Å². The molecule has 184 valence electrons. The standard InChI is InChI=1S/C24H28F2N2O6/c1-6-34-24(30)28-14(2)7-19(18-11-21(31-3)22(32-4)12-20(18)28)27(23(29)33-5)13-15-8-16(25)10-17(26)9-15/h8-12,14,19H,6-7,13H2,1-5H3/t14-,19+/m1/s1. The molecule has 0 saturated carbocycles. The summed E-state index contributed by atoms with van der Waals surface area (Å²) in [4.78, 5) is 28.5. The summed E-state index contributed by atoms with van der Waals surface area (Å²) < 4.78 is 48.8. The maximum atomic E-state index is 13.8. The number of fused-ring (bicyclic) bond motifs is 1. The smallest absolute Gasteiger partial charge is 0.414 e. The summed E-state index contributed by atoms with van der Waals surface area (Å²) in [6, 6.07) is 5.42. The van der Waals surface area contributed by atoms with E-state index in [-0.39, 0.29) is 24.8 Å². The van der Waals surface area contributed by atoms with Gasteiger partial charge < -0.3 is 18.9 Å². The molecule has 0 aromatic heterocycles. The molecule has 2 amide bonds. The molecule has 10 heteroatoms. The zero-order chi connectivity index (χ0) is 25.0. The average molecular weight is 478 g/mol. The Kier molecular flexibility index (Phi) is 7.80. The fourth-order valence-corrected chi connectivity index (χ4v) is 4.24. The Bertz CT molecular complexity index is 1040. The van der Waals surface area contributed by atoms with Crippen molar-refractivity contribution in [1.82, 2.24) is 4.90 Å². The van der Waals surface area contributed by atoms with Crippen molar-refractivity contribution in [2.45, 2.75) is 38.9 Å². The summed E-state index contributed by atoms with van der Waals surface area (Å²) >= 11 is 0. The van der Waals surface area contributed by atoms with E-state index in [1.165, 1.54) is 31.1 Å². The van der Waals surface area contributed by atoms with E-state index in [1.807, 2.05) is 6.92 Å². The van der Waals surface area contributed by atoms with Crippen molar-refractivity contribution in [2.75, 3.05) is 32.8 Å². The van der Waals surface area contributed by atoms with Gasteiger partial charge >= 0.3 is 12.2 Å². The van der Waals surface area contributed by atoms with Gasteiger partial charge in [0.15, 0.2) is 11.5 Å². The lowest BCUT2D eigenvalue weighted by molar-refractivity contribution is 0.0940. The van der Waals surface area contributed by atoms with E-state index in [2.05, 4.69) is 0 Å². The third-order valence-electron chi connectivity index (χ3n) is 5.68. The fraction of sp³-hybridized carbons (Fsp3) is 0.417. The van der Waals surface area contributed by atoms with Crippen molar-refractivity contribution in [3.8, 4) is 11.5 Å². The summed E-state index contributed by atoms with van der Waals surface area (Å²) in [7, 11) is 4.18. The Morgan fingerprint density at radius 3 is 2.21 bits per heavy atom. The van der Waals surface area contributed by atoms with E-state index in [0.717, 1.165) is 18.2 Å². The molecular formula is C24H28F2N2O6. The summed E-state index contributed by atoms with van der Waals surface area (Å²) in [5, 5.41) is 0. The molecule has 8 nitrogen and oxygen atoms in total. The monoisotopic (exact) mass is 478 g/mol. The molecule has 0 bridgehead atoms. The number of methoxy groups -OCH3 is 3. The van der Waals surface area contributed by atoms with Crippen LogP contribution in [0.1, 0.15) is 37.4 Å². The number of carbonyl (C=O) groups is 2. The Hall–Kier alpha value is -3.56. The van der Waals surface area contributed by atoms with Gasteiger partial charge in [-0.05, 0) is 44.0 Å². The van der Waals surface area contributed by atoms with Crippen LogP contribution in [0.2, 0.25) is 0 Å². The lowest BCUT2D eigenvalue weighted by Crippen LogP contribution is -2.47. The first kappa shape index (κ1) is 25.1. The third kappa shape index (κ3) is 5.00. The minimum atomic E-state index is -0.753. The van der Waals surface area contributed by atoms with E-state index in [9.17, 15) is 18.4 Å². The molecule has 0 unspecified atom stereocenters. The Balaban J connectivity index is 2.15. The highest BCUT2D eigenvalue weighted by Gasteiger charge is 2.40. The van der Waals surface area contributed by atoms with Gasteiger partial charge in [0.25, 0.3) is 0 Å². The van der Waals surface area contributed by atoms with E-state index in [4.69, 9.17) is 18.9 Å². The molecule has 0 fully saturated rings. The van der Waals surface area contributed by atoms with Crippen LogP contribution in [0.15, 0.2) is 30.3 Å². The largest absolute Gasteiger partial charge is 0.493 e. The average Bonchev–Trinajstić information content (AvgIpc) is 2.80. The first-order chi connectivity index (χ1) is 16.2. The molecular weight excluding hydrogens is 450 g/mol. The van der Waals surface area contributed by atoms with Gasteiger partial charge in [-0.3, -0.25) is 9.80 Å². The normalized spacial score (nSPS) is 17.0. The van der Waals surface area contributed by atoms with Crippen molar-refractivity contribution in [1.29, 1.82) is 0 Å². The van der Waals surface area contributed by atoms with Gasteiger partial charge in [-0.15, -0.1) is 0 Å². The second-order valence-electron chi connectivity index (χ2n) is 7.81. The van der Waals surface area contributed by atoms with Gasteiger partial charge in [-0.1, -0.05) is 0 Å². The number of benzene rings is 2. The van der Waals surface area contributed by atoms with Crippen LogP contribution in [0.5, 0.6) is 11.5 Å². The highest BCUT2D eigenvalue weighted by molar-refractivity contribution is 5.91. The van der Waals surface area contributed by atoms with Gasteiger partial charge in [0.1, 0.15) is 11.6 Å². The maximum absolute atomic E-state index is 13.8. The molecule has 0 saturated heterocycles. The van der Waals surface area contributed by atoms with Gasteiger partial charge in [0, 0.05) is 30.3 Å². The molecule has 3 rings (SSSR count). The topological polar surface area (TPSA) is 77.5 Å². The second-order valence-corrected chi connectivity index (χ2v) is 7.81. The van der Waals surface area contributed by atoms with Crippen LogP contribution in [-0.4, -0.2) is 51.1 Å². The number of hydrogen-bond acceptors (Lipinski definition) is 6. The van der Waals surface area contributed by atoms with E-state index >= 15 is 0 Å². The minimum Gasteiger partial charge on any atom is -0.493 e. The number of nitrogens with zero attached hydrogens (tertiary/aromatic N) is 2. The van der Waals surface area contributed by atoms with Gasteiger partial charge in [-0.2, -0.15) is 0 Å². The SMILES string of the molecule is CCOC(=O)N1c2cc(OC)c(OC)cc2[C@@H](N(Cc2cc(F)cc(F)c2)C(=O)OC)C[C@H]1C. The molecule has 0 N–H and O–H groups in total. The molecule has 0 radical (unpaired) electrons. The van der Waals surface area contributed by atoms with Crippen molar-refractivity contribution < 1.29 is 37.3 Å². The van der Waals surface area contributed by atoms with E-state index < -0.39 is 29.9 Å². The van der Waals surface area contributed by atoms with Gasteiger partial charge in [-0.25, -0.2) is 18.4 Å². The quantitative estimate of drug-likeness (QED) is 0.579. The number of anilines is 1. The molecule has 0 spiro atoms. The molecule has 1 heterocycles. The molecule has 2 aromatic carbocycles. The summed E-state index contributed by atoms with van der Waals surface area (Å²) in [6.45, 7) is 3.60. The number of rotatable bonds is 6. The summed E-state index contributed by atoms with van der Waals surface area (Å²) in [6.07, 6.45) is -0.917. The maximum Gasteiger partial charge on any atom is 0.414 e. The molecule has 2 aromatic rings. The van der Waals surface area contributed by atoms with Gasteiger partial charge in [0.05, 0.1) is 39.7 Å². The molecule has 0 aliphatic carbocycles. The predicted octanol–water partition coefficient (Wildman–Crippen LogP) is 5.05. The van der Waals surface area contributed by atoms with Crippen molar-refractivity contribution >= 4 is 17.9 Å².